The van der Waals surface area contributed by atoms with E-state index in [1.165, 1.54) is 0 Å². The molecule has 1 aromatic heterocycles. The van der Waals surface area contributed by atoms with Crippen molar-refractivity contribution >= 4 is 5.91 Å². The summed E-state index contributed by atoms with van der Waals surface area (Å²) in [6.07, 6.45) is 0.257. The second-order valence-electron chi connectivity index (χ2n) is 10.4. The molecule has 1 aromatic rings. The number of hydrogen-bond acceptors (Lipinski definition) is 4. The van der Waals surface area contributed by atoms with Gasteiger partial charge in [0, 0.05) is 37.4 Å². The molecule has 0 aromatic carbocycles. The standard InChI is InChI=1S/C25H38F3N3O3/c1-5-34-11-8-18(4)29-21-6-9-24(14-21,13-17(2)3)23(32)30-10-7-22-19(15-30)12-20(16-31(22)33)25(26,27)28/h12,16-18,21,29H,5-11,13-15H2,1-4H3/t18?,21-,24-/m1/s1. The van der Waals surface area contributed by atoms with Crippen molar-refractivity contribution in [2.45, 2.75) is 91.0 Å². The van der Waals surface area contributed by atoms with E-state index in [1.807, 2.05) is 6.92 Å². The number of carbonyl (C=O) groups excluding carboxylic acids is 1. The molecule has 2 aliphatic rings. The van der Waals surface area contributed by atoms with Crippen LogP contribution in [0.25, 0.3) is 0 Å². The zero-order valence-electron chi connectivity index (χ0n) is 20.7. The number of alkyl halides is 3. The van der Waals surface area contributed by atoms with Crippen molar-refractivity contribution in [3.8, 4) is 0 Å². The van der Waals surface area contributed by atoms with E-state index in [2.05, 4.69) is 26.1 Å². The molecule has 192 valence electrons. The Bertz CT molecular complexity index is 862. The number of nitrogens with zero attached hydrogens (tertiary/aromatic N) is 2. The third-order valence-electron chi connectivity index (χ3n) is 7.10. The summed E-state index contributed by atoms with van der Waals surface area (Å²) in [4.78, 5) is 15.5. The van der Waals surface area contributed by atoms with Crippen LogP contribution in [0, 0.1) is 16.5 Å². The number of aromatic nitrogens is 1. The highest BCUT2D eigenvalue weighted by atomic mass is 19.4. The first kappa shape index (κ1) is 26.7. The molecule has 1 unspecified atom stereocenters. The largest absolute Gasteiger partial charge is 0.618 e. The minimum Gasteiger partial charge on any atom is -0.618 e. The second kappa shape index (κ2) is 10.8. The zero-order chi connectivity index (χ0) is 25.1. The van der Waals surface area contributed by atoms with E-state index in [-0.39, 0.29) is 31.0 Å². The third-order valence-corrected chi connectivity index (χ3v) is 7.10. The van der Waals surface area contributed by atoms with Gasteiger partial charge in [0.05, 0.1) is 18.4 Å². The average molecular weight is 486 g/mol. The fraction of sp³-hybridized carbons (Fsp3) is 0.760. The molecule has 3 atom stereocenters. The molecule has 0 spiro atoms. The van der Waals surface area contributed by atoms with Crippen molar-refractivity contribution < 1.29 is 27.4 Å². The second-order valence-corrected chi connectivity index (χ2v) is 10.4. The number of amides is 1. The molecule has 1 amide bonds. The average Bonchev–Trinajstić information content (AvgIpc) is 3.14. The Morgan fingerprint density at radius 3 is 2.76 bits per heavy atom. The van der Waals surface area contributed by atoms with Gasteiger partial charge in [-0.15, -0.1) is 0 Å². The van der Waals surface area contributed by atoms with Crippen LogP contribution in [0.3, 0.4) is 0 Å². The summed E-state index contributed by atoms with van der Waals surface area (Å²) in [5.41, 5.74) is -0.887. The van der Waals surface area contributed by atoms with Crippen LogP contribution >= 0.6 is 0 Å². The predicted octanol–water partition coefficient (Wildman–Crippen LogP) is 4.21. The zero-order valence-corrected chi connectivity index (χ0v) is 20.7. The van der Waals surface area contributed by atoms with Crippen LogP contribution < -0.4 is 10.0 Å². The van der Waals surface area contributed by atoms with E-state index in [0.29, 0.717) is 47.9 Å². The van der Waals surface area contributed by atoms with Gasteiger partial charge in [0.1, 0.15) is 5.56 Å². The lowest BCUT2D eigenvalue weighted by molar-refractivity contribution is -0.616. The molecule has 2 heterocycles. The lowest BCUT2D eigenvalue weighted by atomic mass is 9.76. The number of hydrogen-bond donors (Lipinski definition) is 1. The van der Waals surface area contributed by atoms with E-state index < -0.39 is 17.2 Å². The van der Waals surface area contributed by atoms with Gasteiger partial charge in [-0.3, -0.25) is 4.79 Å². The maximum Gasteiger partial charge on any atom is 0.422 e. The summed E-state index contributed by atoms with van der Waals surface area (Å²) < 4.78 is 45.5. The Labute approximate surface area is 200 Å². The van der Waals surface area contributed by atoms with Gasteiger partial charge in [-0.1, -0.05) is 13.8 Å². The van der Waals surface area contributed by atoms with Gasteiger partial charge in [0.25, 0.3) is 0 Å². The third kappa shape index (κ3) is 6.22. The van der Waals surface area contributed by atoms with Gasteiger partial charge >= 0.3 is 6.18 Å². The molecule has 1 fully saturated rings. The van der Waals surface area contributed by atoms with Crippen LogP contribution in [0.15, 0.2) is 12.3 Å². The van der Waals surface area contributed by atoms with Crippen LogP contribution in [0.1, 0.15) is 76.6 Å². The van der Waals surface area contributed by atoms with Gasteiger partial charge in [0.15, 0.2) is 11.9 Å². The van der Waals surface area contributed by atoms with Gasteiger partial charge in [-0.2, -0.15) is 17.9 Å². The number of pyridine rings is 1. The minimum atomic E-state index is -4.60. The van der Waals surface area contributed by atoms with Gasteiger partial charge in [-0.25, -0.2) is 0 Å². The van der Waals surface area contributed by atoms with E-state index in [1.54, 1.807) is 4.90 Å². The summed E-state index contributed by atoms with van der Waals surface area (Å²) in [6.45, 7) is 10.1. The molecule has 9 heteroatoms. The molecule has 3 rings (SSSR count). The maximum absolute atomic E-state index is 13.8. The molecule has 1 N–H and O–H groups in total. The topological polar surface area (TPSA) is 68.5 Å². The smallest absolute Gasteiger partial charge is 0.422 e. The van der Waals surface area contributed by atoms with Crippen LogP contribution in [-0.2, 0) is 28.7 Å². The summed E-state index contributed by atoms with van der Waals surface area (Å²) in [6, 6.07) is 1.52. The highest BCUT2D eigenvalue weighted by Gasteiger charge is 2.48. The number of carbonyl (C=O) groups is 1. The molecule has 34 heavy (non-hydrogen) atoms. The van der Waals surface area contributed by atoms with E-state index in [0.717, 1.165) is 38.2 Å². The number of fused-ring (bicyclic) bond motifs is 1. The summed E-state index contributed by atoms with van der Waals surface area (Å²) in [7, 11) is 0. The molecule has 0 saturated heterocycles. The summed E-state index contributed by atoms with van der Waals surface area (Å²) >= 11 is 0. The number of rotatable bonds is 9. The number of nitrogens with one attached hydrogen (secondary N) is 1. The quantitative estimate of drug-likeness (QED) is 0.323. The van der Waals surface area contributed by atoms with Gasteiger partial charge in [-0.05, 0) is 57.9 Å². The monoisotopic (exact) mass is 485 g/mol. The molecular formula is C25H38F3N3O3. The first-order valence-electron chi connectivity index (χ1n) is 12.4. The molecule has 0 radical (unpaired) electrons. The van der Waals surface area contributed by atoms with Gasteiger partial charge in [0.2, 0.25) is 5.91 Å². The predicted molar refractivity (Wildman–Crippen MR) is 123 cm³/mol. The first-order valence-corrected chi connectivity index (χ1v) is 12.4. The Morgan fingerprint density at radius 2 is 2.12 bits per heavy atom. The van der Waals surface area contributed by atoms with Crippen molar-refractivity contribution in [3.63, 3.8) is 0 Å². The van der Waals surface area contributed by atoms with Crippen LogP contribution in [-0.4, -0.2) is 42.6 Å². The van der Waals surface area contributed by atoms with Gasteiger partial charge < -0.3 is 20.2 Å². The SMILES string of the molecule is CCOCCC(C)N[C@@H]1CC[C@](CC(C)C)(C(=O)N2CCc3c(cc(C(F)(F)F)c[n+]3[O-])C2)C1. The Kier molecular flexibility index (Phi) is 8.50. The first-order chi connectivity index (χ1) is 15.9. The van der Waals surface area contributed by atoms with Crippen molar-refractivity contribution in [1.29, 1.82) is 0 Å². The van der Waals surface area contributed by atoms with Crippen molar-refractivity contribution in [1.82, 2.24) is 10.2 Å². The van der Waals surface area contributed by atoms with Crippen LogP contribution in [0.4, 0.5) is 13.2 Å². The Hall–Kier alpha value is -1.87. The van der Waals surface area contributed by atoms with Crippen LogP contribution in [0.2, 0.25) is 0 Å². The highest BCUT2D eigenvalue weighted by molar-refractivity contribution is 5.83. The van der Waals surface area contributed by atoms with E-state index in [9.17, 15) is 23.2 Å². The fourth-order valence-electron chi connectivity index (χ4n) is 5.66. The molecule has 0 bridgehead atoms. The lowest BCUT2D eigenvalue weighted by Gasteiger charge is -2.38. The molecule has 1 aliphatic heterocycles. The Morgan fingerprint density at radius 1 is 1.38 bits per heavy atom. The Balaban J connectivity index is 1.75. The normalized spacial score (nSPS) is 23.9. The summed E-state index contributed by atoms with van der Waals surface area (Å²) in [5.74, 6) is 0.323. The molecular weight excluding hydrogens is 447 g/mol. The van der Waals surface area contributed by atoms with E-state index >= 15 is 0 Å². The number of halogens is 3. The molecule has 1 aliphatic carbocycles. The highest BCUT2D eigenvalue weighted by Crippen LogP contribution is 2.45. The van der Waals surface area contributed by atoms with Crippen molar-refractivity contribution in [2.75, 3.05) is 19.8 Å². The lowest BCUT2D eigenvalue weighted by Crippen LogP contribution is -2.49. The van der Waals surface area contributed by atoms with E-state index in [4.69, 9.17) is 4.74 Å². The van der Waals surface area contributed by atoms with Crippen LogP contribution in [0.5, 0.6) is 0 Å². The van der Waals surface area contributed by atoms with Crippen molar-refractivity contribution in [2.24, 2.45) is 11.3 Å². The fourth-order valence-corrected chi connectivity index (χ4v) is 5.66. The minimum absolute atomic E-state index is 0.00739. The van der Waals surface area contributed by atoms with Crippen molar-refractivity contribution in [3.05, 3.63) is 34.3 Å². The maximum atomic E-state index is 13.8. The number of ether oxygens (including phenoxy) is 1. The molecule has 6 nitrogen and oxygen atoms in total. The summed E-state index contributed by atoms with van der Waals surface area (Å²) in [5, 5.41) is 15.9. The molecule has 1 saturated carbocycles.